The minimum absolute atomic E-state index is 0.188. The van der Waals surface area contributed by atoms with Crippen LogP contribution in [-0.4, -0.2) is 29.5 Å². The third-order valence-corrected chi connectivity index (χ3v) is 11.0. The molecule has 0 aliphatic carbocycles. The van der Waals surface area contributed by atoms with Crippen LogP contribution < -0.4 is 0 Å². The van der Waals surface area contributed by atoms with E-state index in [1.807, 2.05) is 60.7 Å². The van der Waals surface area contributed by atoms with Gasteiger partial charge >= 0.3 is 267 Å². The Morgan fingerprint density at radius 3 is 1.71 bits per heavy atom. The van der Waals surface area contributed by atoms with E-state index >= 15 is 0 Å². The molecule has 2 heterocycles. The van der Waals surface area contributed by atoms with Gasteiger partial charge in [0.25, 0.3) is 0 Å². The van der Waals surface area contributed by atoms with Crippen molar-refractivity contribution in [3.8, 4) is 45.3 Å². The monoisotopic (exact) mass is 639 g/mol. The van der Waals surface area contributed by atoms with Crippen LogP contribution in [0.15, 0.2) is 152 Å². The van der Waals surface area contributed by atoms with Crippen LogP contribution in [0.25, 0.3) is 86.1 Å². The van der Waals surface area contributed by atoms with Gasteiger partial charge in [0, 0.05) is 0 Å². The Morgan fingerprint density at radius 1 is 0.378 bits per heavy atom. The van der Waals surface area contributed by atoms with Crippen LogP contribution in [-0.2, 0) is 0 Å². The molecule has 0 radical (unpaired) electrons. The molecular formula is C41H25N3Se. The molecule has 4 heteroatoms. The Morgan fingerprint density at radius 2 is 0.956 bits per heavy atom. The van der Waals surface area contributed by atoms with Gasteiger partial charge in [-0.25, -0.2) is 0 Å². The van der Waals surface area contributed by atoms with Gasteiger partial charge in [0.1, 0.15) is 0 Å². The molecule has 0 aliphatic heterocycles. The van der Waals surface area contributed by atoms with Gasteiger partial charge in [-0.05, 0) is 0 Å². The molecule has 0 aliphatic rings. The number of benzene rings is 7. The molecule has 3 nitrogen and oxygen atoms in total. The van der Waals surface area contributed by atoms with Crippen molar-refractivity contribution in [2.24, 2.45) is 0 Å². The topological polar surface area (TPSA) is 38.7 Å². The van der Waals surface area contributed by atoms with Crippen molar-refractivity contribution in [2.45, 2.75) is 0 Å². The first-order chi connectivity index (χ1) is 22.3. The molecule has 0 N–H and O–H groups in total. The molecule has 9 aromatic rings. The van der Waals surface area contributed by atoms with E-state index < -0.39 is 0 Å². The van der Waals surface area contributed by atoms with E-state index in [0.29, 0.717) is 17.5 Å². The SMILES string of the molecule is c1ccc(-c2nc(-c3ccccc3)nc(-c3ccccc3-c3ccc4c(c3)[se]c3c4ccc4ccc5ccccc5c43)n2)cc1. The van der Waals surface area contributed by atoms with E-state index in [9.17, 15) is 0 Å². The van der Waals surface area contributed by atoms with Crippen molar-refractivity contribution in [3.05, 3.63) is 152 Å². The predicted octanol–water partition coefficient (Wildman–Crippen LogP) is 10.2. The normalized spacial score (nSPS) is 11.6. The van der Waals surface area contributed by atoms with Crippen molar-refractivity contribution < 1.29 is 0 Å². The number of hydrogen-bond donors (Lipinski definition) is 0. The fourth-order valence-corrected chi connectivity index (χ4v) is 9.10. The molecule has 0 atom stereocenters. The molecule has 2 aromatic heterocycles. The van der Waals surface area contributed by atoms with Gasteiger partial charge in [0.2, 0.25) is 0 Å². The zero-order valence-corrected chi connectivity index (χ0v) is 25.9. The van der Waals surface area contributed by atoms with E-state index in [-0.39, 0.29) is 14.5 Å². The van der Waals surface area contributed by atoms with Gasteiger partial charge in [-0.2, -0.15) is 0 Å². The Balaban J connectivity index is 1.24. The van der Waals surface area contributed by atoms with Crippen molar-refractivity contribution >= 4 is 55.3 Å². The second kappa shape index (κ2) is 10.6. The fourth-order valence-electron chi connectivity index (χ4n) is 6.35. The number of fused-ring (bicyclic) bond motifs is 7. The Labute approximate surface area is 266 Å². The van der Waals surface area contributed by atoms with Gasteiger partial charge in [-0.3, -0.25) is 0 Å². The molecule has 0 unspecified atom stereocenters. The van der Waals surface area contributed by atoms with Crippen LogP contribution in [0.4, 0.5) is 0 Å². The van der Waals surface area contributed by atoms with E-state index in [1.165, 1.54) is 46.4 Å². The Bertz CT molecular complexity index is 2480. The first-order valence-corrected chi connectivity index (χ1v) is 16.7. The maximum absolute atomic E-state index is 5.04. The number of nitrogens with zero attached hydrogens (tertiary/aromatic N) is 3. The third kappa shape index (κ3) is 4.46. The molecule has 9 rings (SSSR count). The first kappa shape index (κ1) is 26.0. The van der Waals surface area contributed by atoms with E-state index in [1.54, 1.807) is 0 Å². The van der Waals surface area contributed by atoms with E-state index in [0.717, 1.165) is 22.3 Å². The summed E-state index contributed by atoms with van der Waals surface area (Å²) in [4.78, 5) is 15.0. The average molecular weight is 639 g/mol. The summed E-state index contributed by atoms with van der Waals surface area (Å²) in [6.07, 6.45) is 0. The zero-order valence-electron chi connectivity index (χ0n) is 24.2. The molecule has 7 aromatic carbocycles. The fraction of sp³-hybridized carbons (Fsp3) is 0. The average Bonchev–Trinajstić information content (AvgIpc) is 3.50. The maximum atomic E-state index is 5.04. The molecule has 0 bridgehead atoms. The van der Waals surface area contributed by atoms with Gasteiger partial charge in [0.05, 0.1) is 0 Å². The summed E-state index contributed by atoms with van der Waals surface area (Å²) in [5.41, 5.74) is 5.22. The van der Waals surface area contributed by atoms with Crippen LogP contribution in [0.2, 0.25) is 0 Å². The molecule has 45 heavy (non-hydrogen) atoms. The van der Waals surface area contributed by atoms with Crippen molar-refractivity contribution in [2.75, 3.05) is 0 Å². The van der Waals surface area contributed by atoms with Gasteiger partial charge in [0.15, 0.2) is 0 Å². The Hall–Kier alpha value is -5.41. The van der Waals surface area contributed by atoms with Crippen molar-refractivity contribution in [3.63, 3.8) is 0 Å². The first-order valence-electron chi connectivity index (χ1n) is 15.0. The van der Waals surface area contributed by atoms with Crippen molar-refractivity contribution in [1.82, 2.24) is 15.0 Å². The number of hydrogen-bond acceptors (Lipinski definition) is 3. The standard InChI is InChI=1S/C41H25N3Se/c1-3-12-28(13-4-1)39-42-40(29-14-5-2-6-15-29)44-41(43-39)35-18-10-9-16-31(35)30-22-23-33-34-24-21-27-20-19-26-11-7-8-17-32(26)37(27)38(34)45-36(33)25-30/h1-25H. The van der Waals surface area contributed by atoms with E-state index in [4.69, 9.17) is 15.0 Å². The van der Waals surface area contributed by atoms with Crippen molar-refractivity contribution in [1.29, 1.82) is 0 Å². The summed E-state index contributed by atoms with van der Waals surface area (Å²) in [6.45, 7) is 0. The second-order valence-corrected chi connectivity index (χ2v) is 13.4. The molecule has 0 fully saturated rings. The Kier molecular flexibility index (Phi) is 6.15. The summed E-state index contributed by atoms with van der Waals surface area (Å²) >= 11 is 0.188. The van der Waals surface area contributed by atoms with Crippen LogP contribution in [0.3, 0.4) is 0 Å². The zero-order chi connectivity index (χ0) is 29.7. The molecule has 0 saturated carbocycles. The molecule has 0 saturated heterocycles. The van der Waals surface area contributed by atoms with Crippen LogP contribution >= 0.6 is 0 Å². The molecule has 210 valence electrons. The van der Waals surface area contributed by atoms with Crippen LogP contribution in [0.5, 0.6) is 0 Å². The molecular weight excluding hydrogens is 613 g/mol. The third-order valence-electron chi connectivity index (χ3n) is 8.52. The van der Waals surface area contributed by atoms with Gasteiger partial charge in [-0.1, -0.05) is 0 Å². The van der Waals surface area contributed by atoms with E-state index in [2.05, 4.69) is 91.0 Å². The summed E-state index contributed by atoms with van der Waals surface area (Å²) < 4.78 is 2.89. The number of rotatable bonds is 4. The quantitative estimate of drug-likeness (QED) is 0.142. The van der Waals surface area contributed by atoms with Gasteiger partial charge < -0.3 is 0 Å². The van der Waals surface area contributed by atoms with Crippen LogP contribution in [0, 0.1) is 0 Å². The summed E-state index contributed by atoms with van der Waals surface area (Å²) in [6, 6.07) is 53.6. The number of aromatic nitrogens is 3. The predicted molar refractivity (Wildman–Crippen MR) is 189 cm³/mol. The summed E-state index contributed by atoms with van der Waals surface area (Å²) in [7, 11) is 0. The minimum atomic E-state index is 0.188. The van der Waals surface area contributed by atoms with Crippen LogP contribution in [0.1, 0.15) is 0 Å². The summed E-state index contributed by atoms with van der Waals surface area (Å²) in [5.74, 6) is 2.01. The summed E-state index contributed by atoms with van der Waals surface area (Å²) in [5, 5.41) is 8.05. The second-order valence-electron chi connectivity index (χ2n) is 11.2. The van der Waals surface area contributed by atoms with Gasteiger partial charge in [-0.15, -0.1) is 0 Å². The molecule has 0 spiro atoms. The molecule has 0 amide bonds.